The summed E-state index contributed by atoms with van der Waals surface area (Å²) in [5.74, 6) is 1.00. The SMILES string of the molecule is CC(C)=CCC[C@@H](C)NCc1ccco1. The van der Waals surface area contributed by atoms with E-state index in [-0.39, 0.29) is 0 Å². The molecule has 0 aliphatic carbocycles. The minimum absolute atomic E-state index is 0.533. The quantitative estimate of drug-likeness (QED) is 0.722. The Hall–Kier alpha value is -1.02. The van der Waals surface area contributed by atoms with Crippen molar-refractivity contribution in [2.75, 3.05) is 0 Å². The first-order valence-electron chi connectivity index (χ1n) is 5.57. The van der Waals surface area contributed by atoms with Crippen molar-refractivity contribution in [2.45, 2.75) is 46.2 Å². The number of rotatable bonds is 6. The number of allylic oxidation sites excluding steroid dienone is 2. The smallest absolute Gasteiger partial charge is 0.117 e. The van der Waals surface area contributed by atoms with Crippen LogP contribution in [0.15, 0.2) is 34.5 Å². The van der Waals surface area contributed by atoms with Crippen molar-refractivity contribution in [2.24, 2.45) is 0 Å². The maximum Gasteiger partial charge on any atom is 0.117 e. The molecule has 0 bridgehead atoms. The van der Waals surface area contributed by atoms with E-state index in [1.165, 1.54) is 12.0 Å². The maximum absolute atomic E-state index is 5.25. The monoisotopic (exact) mass is 207 g/mol. The molecule has 0 aromatic carbocycles. The maximum atomic E-state index is 5.25. The van der Waals surface area contributed by atoms with Crippen LogP contribution in [0.2, 0.25) is 0 Å². The Balaban J connectivity index is 2.14. The van der Waals surface area contributed by atoms with E-state index in [0.29, 0.717) is 6.04 Å². The number of hydrogen-bond donors (Lipinski definition) is 1. The molecule has 0 saturated heterocycles. The van der Waals surface area contributed by atoms with Crippen LogP contribution >= 0.6 is 0 Å². The molecule has 0 amide bonds. The molecule has 0 saturated carbocycles. The van der Waals surface area contributed by atoms with E-state index in [1.54, 1.807) is 6.26 Å². The van der Waals surface area contributed by atoms with E-state index >= 15 is 0 Å². The molecule has 0 aliphatic rings. The minimum Gasteiger partial charge on any atom is -0.468 e. The standard InChI is InChI=1S/C13H21NO/c1-11(2)6-4-7-12(3)14-10-13-8-5-9-15-13/h5-6,8-9,12,14H,4,7,10H2,1-3H3/t12-/m1/s1. The highest BCUT2D eigenvalue weighted by molar-refractivity contribution is 4.98. The van der Waals surface area contributed by atoms with Gasteiger partial charge in [-0.05, 0) is 45.7 Å². The van der Waals surface area contributed by atoms with Crippen LogP contribution < -0.4 is 5.32 Å². The Bertz CT molecular complexity index is 283. The third-order valence-corrected chi connectivity index (χ3v) is 2.36. The average Bonchev–Trinajstić information content (AvgIpc) is 2.66. The highest BCUT2D eigenvalue weighted by atomic mass is 16.3. The molecule has 1 atom stereocenters. The molecule has 0 radical (unpaired) electrons. The van der Waals surface area contributed by atoms with Gasteiger partial charge in [0, 0.05) is 6.04 Å². The van der Waals surface area contributed by atoms with E-state index in [1.807, 2.05) is 12.1 Å². The van der Waals surface area contributed by atoms with Gasteiger partial charge in [0.2, 0.25) is 0 Å². The first-order valence-corrected chi connectivity index (χ1v) is 5.57. The summed E-state index contributed by atoms with van der Waals surface area (Å²) < 4.78 is 5.25. The normalized spacial score (nSPS) is 12.5. The molecular weight excluding hydrogens is 186 g/mol. The van der Waals surface area contributed by atoms with Crippen LogP contribution in [0.5, 0.6) is 0 Å². The van der Waals surface area contributed by atoms with Crippen LogP contribution in [0.4, 0.5) is 0 Å². The van der Waals surface area contributed by atoms with Crippen molar-refractivity contribution >= 4 is 0 Å². The molecule has 1 rings (SSSR count). The Labute approximate surface area is 92.4 Å². The fourth-order valence-electron chi connectivity index (χ4n) is 1.41. The molecule has 1 aromatic rings. The Kier molecular flexibility index (Phi) is 5.19. The van der Waals surface area contributed by atoms with Crippen molar-refractivity contribution in [3.05, 3.63) is 35.8 Å². The fourth-order valence-corrected chi connectivity index (χ4v) is 1.41. The number of furan rings is 1. The lowest BCUT2D eigenvalue weighted by atomic mass is 10.1. The van der Waals surface area contributed by atoms with Crippen LogP contribution in [0.25, 0.3) is 0 Å². The fraction of sp³-hybridized carbons (Fsp3) is 0.538. The largest absolute Gasteiger partial charge is 0.468 e. The molecule has 1 heterocycles. The van der Waals surface area contributed by atoms with Crippen molar-refractivity contribution in [3.8, 4) is 0 Å². The van der Waals surface area contributed by atoms with E-state index < -0.39 is 0 Å². The van der Waals surface area contributed by atoms with E-state index in [9.17, 15) is 0 Å². The van der Waals surface area contributed by atoms with Crippen molar-refractivity contribution in [1.29, 1.82) is 0 Å². The molecule has 84 valence electrons. The van der Waals surface area contributed by atoms with Gasteiger partial charge in [0.1, 0.15) is 5.76 Å². The van der Waals surface area contributed by atoms with E-state index in [2.05, 4.69) is 32.2 Å². The topological polar surface area (TPSA) is 25.2 Å². The van der Waals surface area contributed by atoms with Crippen molar-refractivity contribution in [3.63, 3.8) is 0 Å². The Morgan fingerprint density at radius 3 is 2.93 bits per heavy atom. The molecular formula is C13H21NO. The Morgan fingerprint density at radius 2 is 2.33 bits per heavy atom. The zero-order chi connectivity index (χ0) is 11.1. The number of hydrogen-bond acceptors (Lipinski definition) is 2. The lowest BCUT2D eigenvalue weighted by molar-refractivity contribution is 0.445. The predicted octanol–water partition coefficient (Wildman–Crippen LogP) is 3.50. The summed E-state index contributed by atoms with van der Waals surface area (Å²) >= 11 is 0. The predicted molar refractivity (Wildman–Crippen MR) is 63.7 cm³/mol. The third kappa shape index (κ3) is 5.43. The molecule has 0 spiro atoms. The van der Waals surface area contributed by atoms with Crippen molar-refractivity contribution in [1.82, 2.24) is 5.32 Å². The summed E-state index contributed by atoms with van der Waals surface area (Å²) in [5.41, 5.74) is 1.40. The van der Waals surface area contributed by atoms with E-state index in [0.717, 1.165) is 18.7 Å². The summed E-state index contributed by atoms with van der Waals surface area (Å²) in [7, 11) is 0. The van der Waals surface area contributed by atoms with Gasteiger partial charge in [-0.15, -0.1) is 0 Å². The molecule has 15 heavy (non-hydrogen) atoms. The van der Waals surface area contributed by atoms with Gasteiger partial charge in [-0.25, -0.2) is 0 Å². The summed E-state index contributed by atoms with van der Waals surface area (Å²) in [6.45, 7) is 7.31. The van der Waals surface area contributed by atoms with Gasteiger partial charge < -0.3 is 9.73 Å². The van der Waals surface area contributed by atoms with Crippen molar-refractivity contribution < 1.29 is 4.42 Å². The number of nitrogens with one attached hydrogen (secondary N) is 1. The summed E-state index contributed by atoms with van der Waals surface area (Å²) in [6.07, 6.45) is 6.32. The molecule has 1 aromatic heterocycles. The van der Waals surface area contributed by atoms with Gasteiger partial charge >= 0.3 is 0 Å². The average molecular weight is 207 g/mol. The van der Waals surface area contributed by atoms with Crippen LogP contribution in [-0.4, -0.2) is 6.04 Å². The zero-order valence-corrected chi connectivity index (χ0v) is 9.92. The Morgan fingerprint density at radius 1 is 1.53 bits per heavy atom. The van der Waals surface area contributed by atoms with Crippen LogP contribution in [0, 0.1) is 0 Å². The van der Waals surface area contributed by atoms with Crippen LogP contribution in [0.1, 0.15) is 39.4 Å². The lowest BCUT2D eigenvalue weighted by Gasteiger charge is -2.11. The summed E-state index contributed by atoms with van der Waals surface area (Å²) in [5, 5.41) is 3.44. The highest BCUT2D eigenvalue weighted by Crippen LogP contribution is 2.04. The van der Waals surface area contributed by atoms with Crippen LogP contribution in [-0.2, 0) is 6.54 Å². The second kappa shape index (κ2) is 6.46. The van der Waals surface area contributed by atoms with Gasteiger partial charge in [-0.2, -0.15) is 0 Å². The lowest BCUT2D eigenvalue weighted by Crippen LogP contribution is -2.24. The summed E-state index contributed by atoms with van der Waals surface area (Å²) in [4.78, 5) is 0. The van der Waals surface area contributed by atoms with Gasteiger partial charge in [0.05, 0.1) is 12.8 Å². The van der Waals surface area contributed by atoms with Crippen LogP contribution in [0.3, 0.4) is 0 Å². The van der Waals surface area contributed by atoms with Gasteiger partial charge in [0.25, 0.3) is 0 Å². The first-order chi connectivity index (χ1) is 7.18. The van der Waals surface area contributed by atoms with E-state index in [4.69, 9.17) is 4.42 Å². The minimum atomic E-state index is 0.533. The molecule has 2 heteroatoms. The third-order valence-electron chi connectivity index (χ3n) is 2.36. The molecule has 1 N–H and O–H groups in total. The van der Waals surface area contributed by atoms with Gasteiger partial charge in [-0.1, -0.05) is 11.6 Å². The zero-order valence-electron chi connectivity index (χ0n) is 9.92. The second-order valence-electron chi connectivity index (χ2n) is 4.22. The summed E-state index contributed by atoms with van der Waals surface area (Å²) in [6, 6.07) is 4.45. The molecule has 0 fully saturated rings. The first kappa shape index (κ1) is 12.1. The molecule has 0 unspecified atom stereocenters. The highest BCUT2D eigenvalue weighted by Gasteiger charge is 2.01. The second-order valence-corrected chi connectivity index (χ2v) is 4.22. The van der Waals surface area contributed by atoms with Gasteiger partial charge in [-0.3, -0.25) is 0 Å². The van der Waals surface area contributed by atoms with Gasteiger partial charge in [0.15, 0.2) is 0 Å². The molecule has 2 nitrogen and oxygen atoms in total. The molecule has 0 aliphatic heterocycles.